The fourth-order valence-electron chi connectivity index (χ4n) is 3.72. The van der Waals surface area contributed by atoms with E-state index in [0.29, 0.717) is 43.1 Å². The molecule has 9 heteroatoms. The zero-order valence-electron chi connectivity index (χ0n) is 14.5. The molecule has 1 saturated heterocycles. The van der Waals surface area contributed by atoms with Crippen LogP contribution in [0, 0.1) is 5.92 Å². The van der Waals surface area contributed by atoms with E-state index in [4.69, 9.17) is 4.74 Å². The zero-order valence-corrected chi connectivity index (χ0v) is 14.5. The van der Waals surface area contributed by atoms with Gasteiger partial charge >= 0.3 is 5.97 Å². The minimum atomic E-state index is -1.08. The third-order valence-electron chi connectivity index (χ3n) is 5.02. The molecule has 0 saturated carbocycles. The van der Waals surface area contributed by atoms with Crippen molar-refractivity contribution in [3.8, 4) is 0 Å². The number of rotatable bonds is 5. The molecule has 0 radical (unpaired) electrons. The van der Waals surface area contributed by atoms with Gasteiger partial charge in [-0.15, -0.1) is 0 Å². The number of hydrogen-bond acceptors (Lipinski definition) is 5. The van der Waals surface area contributed by atoms with Crippen LogP contribution in [0.1, 0.15) is 35.1 Å². The first-order chi connectivity index (χ1) is 12.5. The van der Waals surface area contributed by atoms with Gasteiger partial charge in [-0.1, -0.05) is 6.92 Å². The number of fused-ring (bicyclic) bond motifs is 2. The normalized spacial score (nSPS) is 19.5. The van der Waals surface area contributed by atoms with E-state index in [1.807, 2.05) is 6.92 Å². The number of carbonyl (C=O) groups excluding carboxylic acids is 1. The molecule has 1 amide bonds. The van der Waals surface area contributed by atoms with Crippen molar-refractivity contribution in [3.05, 3.63) is 33.4 Å². The van der Waals surface area contributed by atoms with Crippen LogP contribution in [0.15, 0.2) is 10.9 Å². The third-order valence-corrected chi connectivity index (χ3v) is 5.02. The second kappa shape index (κ2) is 6.24. The summed E-state index contributed by atoms with van der Waals surface area (Å²) in [4.78, 5) is 38.8. The molecule has 2 aromatic heterocycles. The lowest BCUT2D eigenvalue weighted by atomic mass is 10.1. The molecule has 2 aliphatic heterocycles. The number of hydrogen-bond donors (Lipinski definition) is 1. The number of nitrogens with zero attached hydrogens (tertiary/aromatic N) is 4. The van der Waals surface area contributed by atoms with Crippen LogP contribution >= 0.6 is 0 Å². The molecule has 138 valence electrons. The van der Waals surface area contributed by atoms with Gasteiger partial charge in [0, 0.05) is 25.1 Å². The highest BCUT2D eigenvalue weighted by Crippen LogP contribution is 2.25. The van der Waals surface area contributed by atoms with E-state index in [9.17, 15) is 19.5 Å². The maximum Gasteiger partial charge on any atom is 0.323 e. The molecule has 0 bridgehead atoms. The quantitative estimate of drug-likeness (QED) is 0.813. The molecule has 4 rings (SSSR count). The van der Waals surface area contributed by atoms with Crippen molar-refractivity contribution in [2.75, 3.05) is 19.8 Å². The summed E-state index contributed by atoms with van der Waals surface area (Å²) < 4.78 is 7.98. The highest BCUT2D eigenvalue weighted by Gasteiger charge is 2.36. The van der Waals surface area contributed by atoms with Crippen LogP contribution in [0.5, 0.6) is 0 Å². The molecular formula is C17H20N4O5. The van der Waals surface area contributed by atoms with Crippen molar-refractivity contribution in [1.82, 2.24) is 19.1 Å². The van der Waals surface area contributed by atoms with Gasteiger partial charge in [-0.25, -0.2) is 0 Å². The number of ether oxygens (including phenoxy) is 1. The largest absolute Gasteiger partial charge is 0.480 e. The number of carboxylic acids is 1. The van der Waals surface area contributed by atoms with Crippen molar-refractivity contribution in [2.24, 2.45) is 5.92 Å². The van der Waals surface area contributed by atoms with Gasteiger partial charge in [-0.2, -0.15) is 9.61 Å². The molecule has 2 aromatic rings. The average molecular weight is 360 g/mol. The summed E-state index contributed by atoms with van der Waals surface area (Å²) in [5.41, 5.74) is 1.15. The monoisotopic (exact) mass is 360 g/mol. The summed E-state index contributed by atoms with van der Waals surface area (Å²) in [5.74, 6) is -1.13. The Morgan fingerprint density at radius 1 is 1.42 bits per heavy atom. The highest BCUT2D eigenvalue weighted by atomic mass is 16.5. The fraction of sp³-hybridized carbons (Fsp3) is 0.529. The predicted octanol–water partition coefficient (Wildman–Crippen LogP) is 0.135. The number of aliphatic carboxylic acids is 1. The Morgan fingerprint density at radius 2 is 2.23 bits per heavy atom. The minimum absolute atomic E-state index is 0.173. The van der Waals surface area contributed by atoms with Gasteiger partial charge in [0.1, 0.15) is 17.9 Å². The van der Waals surface area contributed by atoms with Gasteiger partial charge in [-0.3, -0.25) is 14.4 Å². The molecule has 26 heavy (non-hydrogen) atoms. The van der Waals surface area contributed by atoms with Crippen LogP contribution < -0.4 is 5.56 Å². The molecular weight excluding hydrogens is 340 g/mol. The van der Waals surface area contributed by atoms with Gasteiger partial charge in [0.2, 0.25) is 0 Å². The Kier molecular flexibility index (Phi) is 4.03. The van der Waals surface area contributed by atoms with Crippen LogP contribution in [0.2, 0.25) is 0 Å². The first kappa shape index (κ1) is 16.8. The van der Waals surface area contributed by atoms with Crippen LogP contribution in [0.4, 0.5) is 0 Å². The Balaban J connectivity index is 1.83. The average Bonchev–Trinajstić information content (AvgIpc) is 3.32. The number of aromatic nitrogens is 3. The summed E-state index contributed by atoms with van der Waals surface area (Å²) in [6.07, 6.45) is 1.49. The van der Waals surface area contributed by atoms with Crippen LogP contribution in [0.3, 0.4) is 0 Å². The van der Waals surface area contributed by atoms with E-state index in [0.717, 1.165) is 6.42 Å². The van der Waals surface area contributed by atoms with E-state index in [1.165, 1.54) is 9.08 Å². The predicted molar refractivity (Wildman–Crippen MR) is 90.1 cm³/mol. The van der Waals surface area contributed by atoms with Crippen molar-refractivity contribution in [1.29, 1.82) is 0 Å². The topological polar surface area (TPSA) is 106 Å². The summed E-state index contributed by atoms with van der Waals surface area (Å²) in [6, 6.07) is 1.67. The highest BCUT2D eigenvalue weighted by molar-refractivity contribution is 5.97. The molecule has 1 N–H and O–H groups in total. The van der Waals surface area contributed by atoms with E-state index >= 15 is 0 Å². The molecule has 0 spiro atoms. The molecule has 1 unspecified atom stereocenters. The molecule has 1 fully saturated rings. The van der Waals surface area contributed by atoms with Crippen molar-refractivity contribution in [2.45, 2.75) is 32.9 Å². The third kappa shape index (κ3) is 2.59. The van der Waals surface area contributed by atoms with Gasteiger partial charge in [0.15, 0.2) is 0 Å². The Hall–Kier alpha value is -2.68. The Labute approximate surface area is 148 Å². The zero-order chi connectivity index (χ0) is 18.4. The van der Waals surface area contributed by atoms with Crippen LogP contribution in [0.25, 0.3) is 5.65 Å². The standard InChI is InChI=1S/C17H20N4O5/c1-2-11-5-13-20(8-14(22)23)15-12(16(24)21(13)18-11)7-19(17(15)25)6-10-3-4-26-9-10/h5,10H,2-4,6-9H2,1H3,(H,22,23). The van der Waals surface area contributed by atoms with Crippen molar-refractivity contribution >= 4 is 17.5 Å². The van der Waals surface area contributed by atoms with Gasteiger partial charge in [-0.05, 0) is 12.8 Å². The van der Waals surface area contributed by atoms with Gasteiger partial charge < -0.3 is 19.3 Å². The van der Waals surface area contributed by atoms with Gasteiger partial charge in [0.25, 0.3) is 11.5 Å². The van der Waals surface area contributed by atoms with Crippen LogP contribution in [-0.2, 0) is 29.0 Å². The first-order valence-corrected chi connectivity index (χ1v) is 8.72. The van der Waals surface area contributed by atoms with Crippen molar-refractivity contribution < 1.29 is 19.4 Å². The smallest absolute Gasteiger partial charge is 0.323 e. The second-order valence-corrected chi connectivity index (χ2v) is 6.79. The summed E-state index contributed by atoms with van der Waals surface area (Å²) in [7, 11) is 0. The van der Waals surface area contributed by atoms with Gasteiger partial charge in [0.05, 0.1) is 24.4 Å². The molecule has 9 nitrogen and oxygen atoms in total. The number of amides is 1. The lowest BCUT2D eigenvalue weighted by molar-refractivity contribution is -0.137. The summed E-state index contributed by atoms with van der Waals surface area (Å²) in [5, 5.41) is 13.6. The molecule has 1 atom stereocenters. The Morgan fingerprint density at radius 3 is 2.88 bits per heavy atom. The summed E-state index contributed by atoms with van der Waals surface area (Å²) in [6.45, 7) is 3.47. The maximum atomic E-state index is 13.0. The van der Waals surface area contributed by atoms with E-state index in [2.05, 4.69) is 5.10 Å². The van der Waals surface area contributed by atoms with E-state index in [-0.39, 0.29) is 29.6 Å². The SMILES string of the molecule is CCc1cc2n(CC(=O)O)c3c(c(=O)n2n1)CN(CC1CCOC1)C3=O. The number of carboxylic acid groups (broad SMARTS) is 1. The summed E-state index contributed by atoms with van der Waals surface area (Å²) >= 11 is 0. The second-order valence-electron chi connectivity index (χ2n) is 6.79. The minimum Gasteiger partial charge on any atom is -0.480 e. The molecule has 2 aliphatic rings. The first-order valence-electron chi connectivity index (χ1n) is 8.72. The lowest BCUT2D eigenvalue weighted by Crippen LogP contribution is -2.31. The fourth-order valence-corrected chi connectivity index (χ4v) is 3.72. The molecule has 0 aromatic carbocycles. The Bertz CT molecular complexity index is 954. The number of carbonyl (C=O) groups is 2. The lowest BCUT2D eigenvalue weighted by Gasteiger charge is -2.19. The molecule has 4 heterocycles. The van der Waals surface area contributed by atoms with E-state index < -0.39 is 12.5 Å². The van der Waals surface area contributed by atoms with Crippen molar-refractivity contribution in [3.63, 3.8) is 0 Å². The van der Waals surface area contributed by atoms with Crippen LogP contribution in [-0.4, -0.2) is 55.8 Å². The molecule has 0 aliphatic carbocycles. The van der Waals surface area contributed by atoms with E-state index in [1.54, 1.807) is 11.0 Å². The maximum absolute atomic E-state index is 13.0. The number of aryl methyl sites for hydroxylation is 1.